The molecule has 0 unspecified atom stereocenters. The largest absolute Gasteiger partial charge is 0.477 e. The van der Waals surface area contributed by atoms with Crippen molar-refractivity contribution in [3.05, 3.63) is 47.1 Å². The van der Waals surface area contributed by atoms with E-state index < -0.39 is 21.8 Å². The normalized spacial score (nSPS) is 11.3. The Bertz CT molecular complexity index is 754. The van der Waals surface area contributed by atoms with Crippen molar-refractivity contribution in [2.24, 2.45) is 0 Å². The molecule has 20 heavy (non-hydrogen) atoms. The van der Waals surface area contributed by atoms with E-state index in [1.54, 1.807) is 0 Å². The number of hydrogen-bond acceptors (Lipinski definition) is 4. The minimum absolute atomic E-state index is 0.0921. The lowest BCUT2D eigenvalue weighted by Crippen LogP contribution is -2.26. The molecule has 8 heteroatoms. The highest BCUT2D eigenvalue weighted by molar-refractivity contribution is 7.94. The third-order valence-corrected chi connectivity index (χ3v) is 5.91. The summed E-state index contributed by atoms with van der Waals surface area (Å²) < 4.78 is 38.9. The Kier molecular flexibility index (Phi) is 3.78. The van der Waals surface area contributed by atoms with Gasteiger partial charge >= 0.3 is 5.97 Å². The van der Waals surface area contributed by atoms with Crippen LogP contribution in [0.15, 0.2) is 40.6 Å². The maximum absolute atomic E-state index is 13.6. The highest BCUT2D eigenvalue weighted by Gasteiger charge is 2.26. The van der Waals surface area contributed by atoms with Gasteiger partial charge in [-0.15, -0.1) is 11.3 Å². The number of para-hydroxylation sites is 1. The third kappa shape index (κ3) is 2.52. The van der Waals surface area contributed by atoms with Crippen molar-refractivity contribution in [2.45, 2.75) is 4.21 Å². The minimum atomic E-state index is -3.98. The molecule has 0 aliphatic carbocycles. The van der Waals surface area contributed by atoms with Gasteiger partial charge in [0.15, 0.2) is 0 Å². The van der Waals surface area contributed by atoms with E-state index in [1.165, 1.54) is 37.4 Å². The molecule has 0 saturated carbocycles. The van der Waals surface area contributed by atoms with Crippen molar-refractivity contribution >= 4 is 33.0 Å². The third-order valence-electron chi connectivity index (χ3n) is 2.60. The summed E-state index contributed by atoms with van der Waals surface area (Å²) in [5, 5.41) is 8.81. The Labute approximate surface area is 119 Å². The predicted molar refractivity (Wildman–Crippen MR) is 73.3 cm³/mol. The van der Waals surface area contributed by atoms with Gasteiger partial charge in [-0.2, -0.15) is 0 Å². The molecule has 106 valence electrons. The van der Waals surface area contributed by atoms with Gasteiger partial charge in [-0.25, -0.2) is 17.6 Å². The zero-order chi connectivity index (χ0) is 14.9. The van der Waals surface area contributed by atoms with Crippen LogP contribution in [-0.4, -0.2) is 26.5 Å². The van der Waals surface area contributed by atoms with Crippen molar-refractivity contribution in [1.82, 2.24) is 0 Å². The first-order chi connectivity index (χ1) is 9.34. The average molecular weight is 315 g/mol. The molecule has 1 aromatic heterocycles. The smallest absolute Gasteiger partial charge is 0.345 e. The van der Waals surface area contributed by atoms with E-state index >= 15 is 0 Å². The highest BCUT2D eigenvalue weighted by Crippen LogP contribution is 2.28. The van der Waals surface area contributed by atoms with E-state index in [2.05, 4.69) is 0 Å². The molecule has 0 saturated heterocycles. The number of hydrogen-bond donors (Lipinski definition) is 1. The molecule has 0 atom stereocenters. The SMILES string of the molecule is CN(c1ccccc1F)S(=O)(=O)c1ccc(C(=O)O)s1. The molecule has 0 bridgehead atoms. The Morgan fingerprint density at radius 1 is 1.25 bits per heavy atom. The number of carboxylic acid groups (broad SMARTS) is 1. The summed E-state index contributed by atoms with van der Waals surface area (Å²) in [6, 6.07) is 7.85. The van der Waals surface area contributed by atoms with E-state index in [9.17, 15) is 17.6 Å². The van der Waals surface area contributed by atoms with Crippen molar-refractivity contribution in [3.63, 3.8) is 0 Å². The minimum Gasteiger partial charge on any atom is -0.477 e. The van der Waals surface area contributed by atoms with Crippen LogP contribution in [0.4, 0.5) is 10.1 Å². The maximum atomic E-state index is 13.6. The van der Waals surface area contributed by atoms with Crippen LogP contribution in [0.1, 0.15) is 9.67 Å². The fraction of sp³-hybridized carbons (Fsp3) is 0.0833. The molecule has 1 N–H and O–H groups in total. The second kappa shape index (κ2) is 5.22. The van der Waals surface area contributed by atoms with Gasteiger partial charge in [-0.3, -0.25) is 4.31 Å². The molecule has 1 heterocycles. The number of rotatable bonds is 4. The number of halogens is 1. The lowest BCUT2D eigenvalue weighted by Gasteiger charge is -2.18. The van der Waals surface area contributed by atoms with Gasteiger partial charge in [-0.05, 0) is 24.3 Å². The van der Waals surface area contributed by atoms with Gasteiger partial charge in [0, 0.05) is 7.05 Å². The van der Waals surface area contributed by atoms with Gasteiger partial charge < -0.3 is 5.11 Å². The first-order valence-corrected chi connectivity index (χ1v) is 7.66. The predicted octanol–water partition coefficient (Wildman–Crippen LogP) is 2.41. The highest BCUT2D eigenvalue weighted by atomic mass is 32.2. The molecule has 2 aromatic rings. The quantitative estimate of drug-likeness (QED) is 0.940. The van der Waals surface area contributed by atoms with Crippen molar-refractivity contribution in [3.8, 4) is 0 Å². The van der Waals surface area contributed by atoms with Crippen LogP contribution >= 0.6 is 11.3 Å². The monoisotopic (exact) mass is 315 g/mol. The molecule has 5 nitrogen and oxygen atoms in total. The summed E-state index contributed by atoms with van der Waals surface area (Å²) >= 11 is 0.625. The van der Waals surface area contributed by atoms with E-state index in [0.29, 0.717) is 11.3 Å². The van der Waals surface area contributed by atoms with Crippen LogP contribution in [0.25, 0.3) is 0 Å². The molecular weight excluding hydrogens is 305 g/mol. The van der Waals surface area contributed by atoms with Crippen LogP contribution < -0.4 is 4.31 Å². The molecule has 0 spiro atoms. The van der Waals surface area contributed by atoms with Gasteiger partial charge in [0.25, 0.3) is 10.0 Å². The van der Waals surface area contributed by atoms with Crippen molar-refractivity contribution in [1.29, 1.82) is 0 Å². The topological polar surface area (TPSA) is 74.7 Å². The molecular formula is C12H10FNO4S2. The number of carboxylic acids is 1. The Morgan fingerprint density at radius 2 is 1.90 bits per heavy atom. The lowest BCUT2D eigenvalue weighted by molar-refractivity contribution is 0.0702. The first kappa shape index (κ1) is 14.5. The second-order valence-corrected chi connectivity index (χ2v) is 7.13. The van der Waals surface area contributed by atoms with Crippen LogP contribution in [0.3, 0.4) is 0 Å². The Hall–Kier alpha value is -1.93. The second-order valence-electron chi connectivity index (χ2n) is 3.85. The zero-order valence-electron chi connectivity index (χ0n) is 10.3. The fourth-order valence-electron chi connectivity index (χ4n) is 1.55. The number of nitrogens with zero attached hydrogens (tertiary/aromatic N) is 1. The Morgan fingerprint density at radius 3 is 2.45 bits per heavy atom. The van der Waals surface area contributed by atoms with Crippen LogP contribution in [0.5, 0.6) is 0 Å². The van der Waals surface area contributed by atoms with Gasteiger partial charge in [0.05, 0.1) is 5.69 Å². The summed E-state index contributed by atoms with van der Waals surface area (Å²) in [5.74, 6) is -1.88. The number of aromatic carboxylic acids is 1. The summed E-state index contributed by atoms with van der Waals surface area (Å²) in [6.45, 7) is 0. The van der Waals surface area contributed by atoms with Crippen LogP contribution in [0.2, 0.25) is 0 Å². The number of carbonyl (C=O) groups is 1. The van der Waals surface area contributed by atoms with E-state index in [-0.39, 0.29) is 14.8 Å². The summed E-state index contributed by atoms with van der Waals surface area (Å²) in [4.78, 5) is 10.7. The molecule has 0 fully saturated rings. The standard InChI is InChI=1S/C12H10FNO4S2/c1-14(9-5-3-2-4-8(9)13)20(17,18)11-7-6-10(19-11)12(15)16/h2-7H,1H3,(H,15,16). The molecule has 0 aliphatic heterocycles. The zero-order valence-corrected chi connectivity index (χ0v) is 11.9. The van der Waals surface area contributed by atoms with Crippen molar-refractivity contribution in [2.75, 3.05) is 11.4 Å². The van der Waals surface area contributed by atoms with E-state index in [4.69, 9.17) is 5.11 Å². The van der Waals surface area contributed by atoms with Gasteiger partial charge in [0.2, 0.25) is 0 Å². The molecule has 0 radical (unpaired) electrons. The van der Waals surface area contributed by atoms with Crippen molar-refractivity contribution < 1.29 is 22.7 Å². The number of benzene rings is 1. The lowest BCUT2D eigenvalue weighted by atomic mass is 10.3. The number of sulfonamides is 1. The van der Waals surface area contributed by atoms with Crippen LogP contribution in [0, 0.1) is 5.82 Å². The van der Waals surface area contributed by atoms with Gasteiger partial charge in [0.1, 0.15) is 14.9 Å². The first-order valence-electron chi connectivity index (χ1n) is 5.40. The Balaban J connectivity index is 2.44. The van der Waals surface area contributed by atoms with E-state index in [1.807, 2.05) is 0 Å². The summed E-state index contributed by atoms with van der Waals surface area (Å²) in [7, 11) is -2.76. The molecule has 1 aromatic carbocycles. The number of anilines is 1. The molecule has 0 amide bonds. The van der Waals surface area contributed by atoms with Crippen LogP contribution in [-0.2, 0) is 10.0 Å². The average Bonchev–Trinajstić information content (AvgIpc) is 2.89. The molecule has 0 aliphatic rings. The number of thiophene rings is 1. The fourth-order valence-corrected chi connectivity index (χ4v) is 4.06. The molecule has 2 rings (SSSR count). The maximum Gasteiger partial charge on any atom is 0.345 e. The summed E-state index contributed by atoms with van der Waals surface area (Å²) in [5.41, 5.74) is -0.0993. The summed E-state index contributed by atoms with van der Waals surface area (Å²) in [6.07, 6.45) is 0. The van der Waals surface area contributed by atoms with E-state index in [0.717, 1.165) is 10.4 Å². The van der Waals surface area contributed by atoms with Gasteiger partial charge in [-0.1, -0.05) is 12.1 Å².